The number of aryl methyl sites for hydroxylation is 2. The average Bonchev–Trinajstić information content (AvgIpc) is 2.83. The van der Waals surface area contributed by atoms with Gasteiger partial charge < -0.3 is 10.3 Å². The van der Waals surface area contributed by atoms with Gasteiger partial charge in [0.1, 0.15) is 11.5 Å². The summed E-state index contributed by atoms with van der Waals surface area (Å²) < 4.78 is 3.91. The number of fused-ring (bicyclic) bond motifs is 1. The third-order valence-corrected chi connectivity index (χ3v) is 3.03. The quantitative estimate of drug-likeness (QED) is 0.728. The van der Waals surface area contributed by atoms with Crippen LogP contribution in [0.25, 0.3) is 11.5 Å². The van der Waals surface area contributed by atoms with Crippen LogP contribution in [0.5, 0.6) is 0 Å². The molecule has 3 rings (SSSR count). The van der Waals surface area contributed by atoms with E-state index in [1.807, 2.05) is 13.1 Å². The molecule has 0 spiro atoms. The second-order valence-corrected chi connectivity index (χ2v) is 4.19. The van der Waals surface area contributed by atoms with Gasteiger partial charge in [-0.25, -0.2) is 0 Å². The van der Waals surface area contributed by atoms with Crippen LogP contribution >= 0.6 is 0 Å². The fraction of sp³-hybridized carbons (Fsp3) is 0.500. The van der Waals surface area contributed by atoms with Gasteiger partial charge in [-0.3, -0.25) is 4.68 Å². The zero-order chi connectivity index (χ0) is 11.1. The molecule has 0 radical (unpaired) electrons. The molecule has 0 amide bonds. The first kappa shape index (κ1) is 9.53. The summed E-state index contributed by atoms with van der Waals surface area (Å²) in [4.78, 5) is 0. The molecule has 3 heterocycles. The molecule has 2 N–H and O–H groups in total. The second-order valence-electron chi connectivity index (χ2n) is 4.19. The van der Waals surface area contributed by atoms with Gasteiger partial charge in [-0.1, -0.05) is 0 Å². The molecule has 1 aliphatic rings. The molecule has 0 aliphatic carbocycles. The SMILES string of the molecule is Cn1nccc1-c1nnc2n1CC(N)CC2. The molecular weight excluding hydrogens is 204 g/mol. The van der Waals surface area contributed by atoms with Gasteiger partial charge in [0, 0.05) is 32.3 Å². The Kier molecular flexibility index (Phi) is 2.03. The van der Waals surface area contributed by atoms with E-state index in [9.17, 15) is 0 Å². The molecule has 2 aromatic heterocycles. The van der Waals surface area contributed by atoms with Crippen molar-refractivity contribution in [1.82, 2.24) is 24.5 Å². The summed E-state index contributed by atoms with van der Waals surface area (Å²) in [5, 5.41) is 12.6. The number of nitrogens with two attached hydrogens (primary N) is 1. The monoisotopic (exact) mass is 218 g/mol. The molecule has 1 atom stereocenters. The Hall–Kier alpha value is -1.69. The number of hydrogen-bond acceptors (Lipinski definition) is 4. The fourth-order valence-corrected chi connectivity index (χ4v) is 2.14. The van der Waals surface area contributed by atoms with Gasteiger partial charge in [0.05, 0.1) is 0 Å². The Labute approximate surface area is 93.1 Å². The van der Waals surface area contributed by atoms with Crippen molar-refractivity contribution in [2.45, 2.75) is 25.4 Å². The second kappa shape index (κ2) is 3.41. The van der Waals surface area contributed by atoms with E-state index < -0.39 is 0 Å². The normalized spacial score (nSPS) is 19.8. The summed E-state index contributed by atoms with van der Waals surface area (Å²) in [7, 11) is 1.90. The van der Waals surface area contributed by atoms with E-state index in [1.54, 1.807) is 10.9 Å². The van der Waals surface area contributed by atoms with Crippen molar-refractivity contribution < 1.29 is 0 Å². The first-order chi connectivity index (χ1) is 7.75. The summed E-state index contributed by atoms with van der Waals surface area (Å²) in [6, 6.07) is 2.15. The molecule has 0 aromatic carbocycles. The van der Waals surface area contributed by atoms with Crippen LogP contribution in [0.4, 0.5) is 0 Å². The van der Waals surface area contributed by atoms with Gasteiger partial charge >= 0.3 is 0 Å². The maximum absolute atomic E-state index is 5.97. The van der Waals surface area contributed by atoms with Gasteiger partial charge in [-0.15, -0.1) is 10.2 Å². The Bertz CT molecular complexity index is 511. The standard InChI is InChI=1S/C10H14N6/c1-15-8(4-5-12-15)10-14-13-9-3-2-7(11)6-16(9)10/h4-5,7H,2-3,6,11H2,1H3. The van der Waals surface area contributed by atoms with E-state index in [0.717, 1.165) is 36.7 Å². The van der Waals surface area contributed by atoms with Crippen LogP contribution in [-0.2, 0) is 20.0 Å². The number of rotatable bonds is 1. The van der Waals surface area contributed by atoms with Crippen molar-refractivity contribution in [2.75, 3.05) is 0 Å². The first-order valence-corrected chi connectivity index (χ1v) is 5.42. The van der Waals surface area contributed by atoms with Crippen molar-refractivity contribution in [2.24, 2.45) is 12.8 Å². The summed E-state index contributed by atoms with van der Waals surface area (Å²) in [6.45, 7) is 0.794. The maximum Gasteiger partial charge on any atom is 0.182 e. The molecule has 1 unspecified atom stereocenters. The highest BCUT2D eigenvalue weighted by molar-refractivity contribution is 5.49. The predicted octanol–water partition coefficient (Wildman–Crippen LogP) is -0.0479. The number of hydrogen-bond donors (Lipinski definition) is 1. The third-order valence-electron chi connectivity index (χ3n) is 3.03. The van der Waals surface area contributed by atoms with Gasteiger partial charge in [-0.05, 0) is 12.5 Å². The van der Waals surface area contributed by atoms with Crippen LogP contribution in [0.1, 0.15) is 12.2 Å². The van der Waals surface area contributed by atoms with Crippen LogP contribution in [0.15, 0.2) is 12.3 Å². The van der Waals surface area contributed by atoms with E-state index in [0.29, 0.717) is 0 Å². The average molecular weight is 218 g/mol. The minimum Gasteiger partial charge on any atom is -0.326 e. The van der Waals surface area contributed by atoms with Crippen molar-refractivity contribution in [3.05, 3.63) is 18.1 Å². The maximum atomic E-state index is 5.97. The van der Waals surface area contributed by atoms with E-state index in [-0.39, 0.29) is 6.04 Å². The van der Waals surface area contributed by atoms with Crippen LogP contribution in [-0.4, -0.2) is 30.6 Å². The minimum absolute atomic E-state index is 0.204. The van der Waals surface area contributed by atoms with Crippen molar-refractivity contribution in [3.8, 4) is 11.5 Å². The van der Waals surface area contributed by atoms with Crippen molar-refractivity contribution in [3.63, 3.8) is 0 Å². The predicted molar refractivity (Wildman–Crippen MR) is 58.5 cm³/mol. The number of aromatic nitrogens is 5. The molecule has 0 saturated carbocycles. The Morgan fingerprint density at radius 2 is 2.31 bits per heavy atom. The van der Waals surface area contributed by atoms with Crippen molar-refractivity contribution in [1.29, 1.82) is 0 Å². The third kappa shape index (κ3) is 1.34. The van der Waals surface area contributed by atoms with Gasteiger partial charge in [0.15, 0.2) is 5.82 Å². The largest absolute Gasteiger partial charge is 0.326 e. The summed E-state index contributed by atoms with van der Waals surface area (Å²) in [6.07, 6.45) is 3.66. The highest BCUT2D eigenvalue weighted by Gasteiger charge is 2.22. The molecule has 0 bridgehead atoms. The van der Waals surface area contributed by atoms with Gasteiger partial charge in [0.25, 0.3) is 0 Å². The Balaban J connectivity index is 2.10. The lowest BCUT2D eigenvalue weighted by Gasteiger charge is -2.20. The molecule has 16 heavy (non-hydrogen) atoms. The summed E-state index contributed by atoms with van der Waals surface area (Å²) in [5.41, 5.74) is 6.95. The highest BCUT2D eigenvalue weighted by atomic mass is 15.3. The molecule has 0 saturated heterocycles. The molecule has 2 aromatic rings. The fourth-order valence-electron chi connectivity index (χ4n) is 2.14. The number of nitrogens with zero attached hydrogens (tertiary/aromatic N) is 5. The van der Waals surface area contributed by atoms with Gasteiger partial charge in [0.2, 0.25) is 0 Å². The van der Waals surface area contributed by atoms with Crippen LogP contribution < -0.4 is 5.73 Å². The summed E-state index contributed by atoms with van der Waals surface area (Å²) in [5.74, 6) is 1.89. The molecule has 1 aliphatic heterocycles. The van der Waals surface area contributed by atoms with Crippen LogP contribution in [0.3, 0.4) is 0 Å². The lowest BCUT2D eigenvalue weighted by Crippen LogP contribution is -2.32. The lowest BCUT2D eigenvalue weighted by molar-refractivity contribution is 0.455. The van der Waals surface area contributed by atoms with E-state index in [4.69, 9.17) is 5.73 Å². The lowest BCUT2D eigenvalue weighted by atomic mass is 10.1. The van der Waals surface area contributed by atoms with E-state index >= 15 is 0 Å². The van der Waals surface area contributed by atoms with Crippen molar-refractivity contribution >= 4 is 0 Å². The smallest absolute Gasteiger partial charge is 0.182 e. The molecule has 6 heteroatoms. The van der Waals surface area contributed by atoms with Gasteiger partial charge in [-0.2, -0.15) is 5.10 Å². The topological polar surface area (TPSA) is 74.5 Å². The molecule has 6 nitrogen and oxygen atoms in total. The zero-order valence-electron chi connectivity index (χ0n) is 9.17. The zero-order valence-corrected chi connectivity index (χ0v) is 9.17. The molecule has 0 fully saturated rings. The van der Waals surface area contributed by atoms with E-state index in [1.165, 1.54) is 0 Å². The van der Waals surface area contributed by atoms with Crippen LogP contribution in [0.2, 0.25) is 0 Å². The minimum atomic E-state index is 0.204. The highest BCUT2D eigenvalue weighted by Crippen LogP contribution is 2.21. The summed E-state index contributed by atoms with van der Waals surface area (Å²) >= 11 is 0. The first-order valence-electron chi connectivity index (χ1n) is 5.42. The molecular formula is C10H14N6. The van der Waals surface area contributed by atoms with E-state index in [2.05, 4.69) is 19.9 Å². The Morgan fingerprint density at radius 3 is 3.06 bits per heavy atom. The molecule has 84 valence electrons. The Morgan fingerprint density at radius 1 is 1.44 bits per heavy atom. The van der Waals surface area contributed by atoms with Crippen LogP contribution in [0, 0.1) is 0 Å².